The molecule has 1 heterocycles. The van der Waals surface area contributed by atoms with Gasteiger partial charge in [0.15, 0.2) is 5.17 Å². The summed E-state index contributed by atoms with van der Waals surface area (Å²) in [6, 6.07) is 8.19. The molecule has 0 aromatic heterocycles. The molecule has 1 aromatic rings. The zero-order chi connectivity index (χ0) is 15.3. The Bertz CT molecular complexity index is 494. The molecule has 116 valence electrons. The second kappa shape index (κ2) is 7.21. The molecular formula is C17H26N2OS. The summed E-state index contributed by atoms with van der Waals surface area (Å²) in [7, 11) is 1.72. The van der Waals surface area contributed by atoms with Crippen molar-refractivity contribution in [1.29, 1.82) is 0 Å². The Morgan fingerprint density at radius 3 is 2.81 bits per heavy atom. The molecule has 3 nitrogen and oxygen atoms in total. The normalized spacial score (nSPS) is 18.5. The summed E-state index contributed by atoms with van der Waals surface area (Å²) in [5.41, 5.74) is 1.61. The maximum atomic E-state index is 5.38. The van der Waals surface area contributed by atoms with Gasteiger partial charge in [0, 0.05) is 11.8 Å². The topological polar surface area (TPSA) is 33.6 Å². The van der Waals surface area contributed by atoms with E-state index in [2.05, 4.69) is 43.2 Å². The molecule has 0 aliphatic carbocycles. The number of para-hydroxylation sites is 1. The first-order valence-electron chi connectivity index (χ1n) is 7.55. The monoisotopic (exact) mass is 306 g/mol. The summed E-state index contributed by atoms with van der Waals surface area (Å²) in [6.45, 7) is 8.72. The van der Waals surface area contributed by atoms with Gasteiger partial charge in [-0.05, 0) is 29.9 Å². The Hall–Kier alpha value is -1.16. The Morgan fingerprint density at radius 1 is 1.33 bits per heavy atom. The fourth-order valence-electron chi connectivity index (χ4n) is 2.52. The molecule has 1 aliphatic rings. The molecule has 0 saturated heterocycles. The molecule has 1 atom stereocenters. The molecule has 0 saturated carbocycles. The molecule has 4 heteroatoms. The lowest BCUT2D eigenvalue weighted by atomic mass is 9.90. The highest BCUT2D eigenvalue weighted by Gasteiger charge is 2.24. The van der Waals surface area contributed by atoms with Crippen molar-refractivity contribution in [3.8, 4) is 5.75 Å². The summed E-state index contributed by atoms with van der Waals surface area (Å²) in [5.74, 6) is 0.964. The van der Waals surface area contributed by atoms with Crippen LogP contribution in [0.4, 0.5) is 0 Å². The number of nitrogens with one attached hydrogen (secondary N) is 1. The molecule has 1 unspecified atom stereocenters. The van der Waals surface area contributed by atoms with Crippen LogP contribution < -0.4 is 10.1 Å². The molecule has 1 aromatic carbocycles. The van der Waals surface area contributed by atoms with Crippen LogP contribution in [-0.2, 0) is 6.42 Å². The van der Waals surface area contributed by atoms with Crippen LogP contribution in [0.5, 0.6) is 5.75 Å². The van der Waals surface area contributed by atoms with Gasteiger partial charge in [-0.2, -0.15) is 0 Å². The summed E-state index contributed by atoms with van der Waals surface area (Å²) in [6.07, 6.45) is 2.16. The van der Waals surface area contributed by atoms with Crippen LogP contribution in [0, 0.1) is 5.41 Å². The van der Waals surface area contributed by atoms with Gasteiger partial charge in [-0.3, -0.25) is 4.99 Å². The molecule has 0 spiro atoms. The highest BCUT2D eigenvalue weighted by atomic mass is 32.2. The number of nitrogens with zero attached hydrogens (tertiary/aromatic N) is 1. The van der Waals surface area contributed by atoms with Crippen molar-refractivity contribution >= 4 is 16.9 Å². The number of ether oxygens (including phenoxy) is 1. The number of aliphatic imine (C=N–C) groups is 1. The highest BCUT2D eigenvalue weighted by molar-refractivity contribution is 8.14. The summed E-state index contributed by atoms with van der Waals surface area (Å²) >= 11 is 1.89. The Kier molecular flexibility index (Phi) is 5.57. The highest BCUT2D eigenvalue weighted by Crippen LogP contribution is 2.31. The van der Waals surface area contributed by atoms with E-state index in [1.807, 2.05) is 23.9 Å². The van der Waals surface area contributed by atoms with Gasteiger partial charge >= 0.3 is 0 Å². The van der Waals surface area contributed by atoms with Crippen molar-refractivity contribution in [2.24, 2.45) is 10.4 Å². The van der Waals surface area contributed by atoms with Crippen LogP contribution in [0.25, 0.3) is 0 Å². The zero-order valence-electron chi connectivity index (χ0n) is 13.5. The van der Waals surface area contributed by atoms with E-state index in [0.717, 1.165) is 30.4 Å². The van der Waals surface area contributed by atoms with Crippen LogP contribution >= 0.6 is 11.8 Å². The molecule has 21 heavy (non-hydrogen) atoms. The van der Waals surface area contributed by atoms with Gasteiger partial charge in [0.1, 0.15) is 5.75 Å². The van der Waals surface area contributed by atoms with Crippen molar-refractivity contribution < 1.29 is 4.74 Å². The zero-order valence-corrected chi connectivity index (χ0v) is 14.3. The lowest BCUT2D eigenvalue weighted by Crippen LogP contribution is -2.23. The Labute approximate surface area is 132 Å². The van der Waals surface area contributed by atoms with Gasteiger partial charge in [0.2, 0.25) is 0 Å². The maximum absolute atomic E-state index is 5.38. The van der Waals surface area contributed by atoms with Gasteiger partial charge < -0.3 is 10.1 Å². The SMILES string of the molecule is COc1ccccc1CCNC1=NCC(CC(C)(C)C)S1. The molecule has 1 N–H and O–H groups in total. The van der Waals surface area contributed by atoms with Crippen LogP contribution in [-0.4, -0.2) is 30.6 Å². The summed E-state index contributed by atoms with van der Waals surface area (Å²) < 4.78 is 5.38. The fraction of sp³-hybridized carbons (Fsp3) is 0.588. The second-order valence-corrected chi connectivity index (χ2v) is 7.93. The average molecular weight is 306 g/mol. The first-order chi connectivity index (χ1) is 9.98. The minimum absolute atomic E-state index is 0.375. The van der Waals surface area contributed by atoms with E-state index in [-0.39, 0.29) is 0 Å². The summed E-state index contributed by atoms with van der Waals surface area (Å²) in [5, 5.41) is 5.17. The number of hydrogen-bond donors (Lipinski definition) is 1. The number of thioether (sulfide) groups is 1. The van der Waals surface area contributed by atoms with Crippen LogP contribution in [0.1, 0.15) is 32.8 Å². The van der Waals surface area contributed by atoms with Crippen molar-refractivity contribution in [3.05, 3.63) is 29.8 Å². The number of benzene rings is 1. The van der Waals surface area contributed by atoms with Crippen LogP contribution in [0.15, 0.2) is 29.3 Å². The fourth-order valence-corrected chi connectivity index (χ4v) is 3.90. The molecule has 0 bridgehead atoms. The molecule has 1 aliphatic heterocycles. The van der Waals surface area contributed by atoms with Crippen molar-refractivity contribution in [2.45, 2.75) is 38.9 Å². The average Bonchev–Trinajstić information content (AvgIpc) is 2.84. The van der Waals surface area contributed by atoms with E-state index in [9.17, 15) is 0 Å². The Morgan fingerprint density at radius 2 is 2.10 bits per heavy atom. The third-order valence-corrected chi connectivity index (χ3v) is 4.57. The van der Waals surface area contributed by atoms with Gasteiger partial charge in [-0.25, -0.2) is 0 Å². The number of hydrogen-bond acceptors (Lipinski definition) is 4. The Balaban J connectivity index is 1.75. The quantitative estimate of drug-likeness (QED) is 0.900. The number of amidine groups is 1. The standard InChI is InChI=1S/C17H26N2OS/c1-17(2,3)11-14-12-19-16(21-14)18-10-9-13-7-5-6-8-15(13)20-4/h5-8,14H,9-12H2,1-4H3,(H,18,19). The van der Waals surface area contributed by atoms with E-state index in [1.165, 1.54) is 12.0 Å². The minimum atomic E-state index is 0.375. The number of methoxy groups -OCH3 is 1. The smallest absolute Gasteiger partial charge is 0.156 e. The van der Waals surface area contributed by atoms with E-state index < -0.39 is 0 Å². The van der Waals surface area contributed by atoms with Crippen LogP contribution in [0.2, 0.25) is 0 Å². The van der Waals surface area contributed by atoms with Crippen LogP contribution in [0.3, 0.4) is 0 Å². The molecule has 0 radical (unpaired) electrons. The maximum Gasteiger partial charge on any atom is 0.156 e. The van der Waals surface area contributed by atoms with E-state index in [4.69, 9.17) is 4.74 Å². The largest absolute Gasteiger partial charge is 0.496 e. The number of rotatable bonds is 5. The second-order valence-electron chi connectivity index (χ2n) is 6.64. The van der Waals surface area contributed by atoms with Crippen molar-refractivity contribution in [1.82, 2.24) is 5.32 Å². The van der Waals surface area contributed by atoms with Gasteiger partial charge in [0.05, 0.1) is 13.7 Å². The van der Waals surface area contributed by atoms with Crippen molar-refractivity contribution in [2.75, 3.05) is 20.2 Å². The van der Waals surface area contributed by atoms with Gasteiger partial charge in [-0.1, -0.05) is 50.7 Å². The summed E-state index contributed by atoms with van der Waals surface area (Å²) in [4.78, 5) is 4.61. The molecule has 0 amide bonds. The first kappa shape index (κ1) is 16.2. The van der Waals surface area contributed by atoms with E-state index >= 15 is 0 Å². The molecular weight excluding hydrogens is 280 g/mol. The van der Waals surface area contributed by atoms with Gasteiger partial charge in [0.25, 0.3) is 0 Å². The predicted molar refractivity (Wildman–Crippen MR) is 92.5 cm³/mol. The lowest BCUT2D eigenvalue weighted by Gasteiger charge is -2.21. The lowest BCUT2D eigenvalue weighted by molar-refractivity contribution is 0.375. The molecule has 0 fully saturated rings. The third-order valence-electron chi connectivity index (χ3n) is 3.42. The first-order valence-corrected chi connectivity index (χ1v) is 8.43. The molecule has 2 rings (SSSR count). The van der Waals surface area contributed by atoms with Crippen molar-refractivity contribution in [3.63, 3.8) is 0 Å². The van der Waals surface area contributed by atoms with E-state index in [0.29, 0.717) is 10.7 Å². The van der Waals surface area contributed by atoms with E-state index in [1.54, 1.807) is 7.11 Å². The van der Waals surface area contributed by atoms with Gasteiger partial charge in [-0.15, -0.1) is 0 Å². The minimum Gasteiger partial charge on any atom is -0.496 e. The third kappa shape index (κ3) is 5.27. The predicted octanol–water partition coefficient (Wildman–Crippen LogP) is 3.73.